The highest BCUT2D eigenvalue weighted by Crippen LogP contribution is 2.26. The van der Waals surface area contributed by atoms with Crippen LogP contribution < -0.4 is 4.74 Å². The van der Waals surface area contributed by atoms with E-state index in [0.29, 0.717) is 6.42 Å². The van der Waals surface area contributed by atoms with Gasteiger partial charge in [-0.05, 0) is 43.0 Å². The molecule has 0 aliphatic carbocycles. The van der Waals surface area contributed by atoms with Gasteiger partial charge in [0.25, 0.3) is 0 Å². The zero-order valence-electron chi connectivity index (χ0n) is 11.2. The van der Waals surface area contributed by atoms with Gasteiger partial charge >= 0.3 is 5.97 Å². The summed E-state index contributed by atoms with van der Waals surface area (Å²) in [5, 5.41) is 0. The van der Waals surface area contributed by atoms with E-state index in [9.17, 15) is 4.79 Å². The Balaban J connectivity index is 2.83. The molecule has 0 bridgehead atoms. The summed E-state index contributed by atoms with van der Waals surface area (Å²) in [6.07, 6.45) is 1.09. The maximum Gasteiger partial charge on any atom is 0.306 e. The number of esters is 1. The van der Waals surface area contributed by atoms with E-state index in [4.69, 9.17) is 4.74 Å². The highest BCUT2D eigenvalue weighted by molar-refractivity contribution is 9.09. The molecule has 3 nitrogen and oxygen atoms in total. The Morgan fingerprint density at radius 3 is 2.44 bits per heavy atom. The smallest absolute Gasteiger partial charge is 0.306 e. The second-order valence-corrected chi connectivity index (χ2v) is 5.62. The molecule has 0 N–H and O–H groups in total. The van der Waals surface area contributed by atoms with E-state index in [1.54, 1.807) is 7.11 Å². The fraction of sp³-hybridized carbons (Fsp3) is 0.500. The molecule has 0 aromatic heterocycles. The summed E-state index contributed by atoms with van der Waals surface area (Å²) in [5.74, 6) is 0.659. The fourth-order valence-electron chi connectivity index (χ4n) is 1.77. The molecule has 1 aromatic carbocycles. The number of benzene rings is 1. The minimum Gasteiger partial charge on any atom is -0.496 e. The molecule has 1 rings (SSSR count). The lowest BCUT2D eigenvalue weighted by molar-refractivity contribution is -0.140. The zero-order valence-corrected chi connectivity index (χ0v) is 12.8. The van der Waals surface area contributed by atoms with Crippen molar-refractivity contribution in [2.24, 2.45) is 0 Å². The Kier molecular flexibility index (Phi) is 5.66. The first kappa shape index (κ1) is 15.0. The Hall–Kier alpha value is -1.03. The van der Waals surface area contributed by atoms with Crippen molar-refractivity contribution < 1.29 is 14.3 Å². The van der Waals surface area contributed by atoms with E-state index in [1.165, 1.54) is 18.2 Å². The molecule has 0 amide bonds. The van der Waals surface area contributed by atoms with Gasteiger partial charge in [0.2, 0.25) is 0 Å². The maximum absolute atomic E-state index is 11.2. The largest absolute Gasteiger partial charge is 0.496 e. The van der Waals surface area contributed by atoms with Crippen LogP contribution in [0.3, 0.4) is 0 Å². The van der Waals surface area contributed by atoms with Crippen LogP contribution in [0, 0.1) is 13.8 Å². The zero-order chi connectivity index (χ0) is 13.7. The molecule has 0 spiro atoms. The molecule has 0 saturated heterocycles. The molecule has 0 radical (unpaired) electrons. The molecule has 1 atom stereocenters. The van der Waals surface area contributed by atoms with E-state index in [2.05, 4.69) is 40.6 Å². The molecule has 1 aromatic rings. The van der Waals surface area contributed by atoms with E-state index in [0.717, 1.165) is 17.7 Å². The first-order chi connectivity index (χ1) is 8.47. The molecular formula is C14H19BrO3. The van der Waals surface area contributed by atoms with Crippen LogP contribution in [0.5, 0.6) is 5.75 Å². The molecule has 1 unspecified atom stereocenters. The maximum atomic E-state index is 11.2. The fourth-order valence-corrected chi connectivity index (χ4v) is 2.39. The SMILES string of the molecule is COC(=O)CC(Br)Cc1cc(C)c(C)cc1OC. The number of carbonyl (C=O) groups excluding carboxylic acids is 1. The first-order valence-electron chi connectivity index (χ1n) is 5.83. The van der Waals surface area contributed by atoms with E-state index in [1.807, 2.05) is 6.07 Å². The average molecular weight is 315 g/mol. The van der Waals surface area contributed by atoms with Crippen LogP contribution in [0.15, 0.2) is 12.1 Å². The van der Waals surface area contributed by atoms with Gasteiger partial charge in [0.05, 0.1) is 20.6 Å². The van der Waals surface area contributed by atoms with Crippen molar-refractivity contribution in [1.29, 1.82) is 0 Å². The summed E-state index contributed by atoms with van der Waals surface area (Å²) < 4.78 is 10.0. The standard InChI is InChI=1S/C14H19BrO3/c1-9-5-11(13(17-3)6-10(9)2)7-12(15)8-14(16)18-4/h5-6,12H,7-8H2,1-4H3. The van der Waals surface area contributed by atoms with Crippen molar-refractivity contribution in [3.8, 4) is 5.75 Å². The van der Waals surface area contributed by atoms with Crippen molar-refractivity contribution in [2.45, 2.75) is 31.5 Å². The molecule has 18 heavy (non-hydrogen) atoms. The van der Waals surface area contributed by atoms with E-state index >= 15 is 0 Å². The Bertz CT molecular complexity index is 429. The van der Waals surface area contributed by atoms with Crippen LogP contribution in [0.1, 0.15) is 23.1 Å². The Morgan fingerprint density at radius 1 is 1.28 bits per heavy atom. The lowest BCUT2D eigenvalue weighted by Crippen LogP contribution is -2.12. The van der Waals surface area contributed by atoms with Gasteiger partial charge in [-0.1, -0.05) is 22.0 Å². The number of aryl methyl sites for hydroxylation is 2. The molecule has 0 aliphatic rings. The van der Waals surface area contributed by atoms with Crippen molar-refractivity contribution >= 4 is 21.9 Å². The van der Waals surface area contributed by atoms with Crippen molar-refractivity contribution in [1.82, 2.24) is 0 Å². The third-order valence-corrected chi connectivity index (χ3v) is 3.60. The lowest BCUT2D eigenvalue weighted by Gasteiger charge is -2.14. The lowest BCUT2D eigenvalue weighted by atomic mass is 10.0. The van der Waals surface area contributed by atoms with Gasteiger partial charge in [0.15, 0.2) is 0 Å². The number of ether oxygens (including phenoxy) is 2. The molecule has 0 aliphatic heterocycles. The number of carbonyl (C=O) groups is 1. The molecular weight excluding hydrogens is 296 g/mol. The summed E-state index contributed by atoms with van der Waals surface area (Å²) in [5.41, 5.74) is 3.53. The van der Waals surface area contributed by atoms with Gasteiger partial charge in [-0.25, -0.2) is 0 Å². The number of hydrogen-bond acceptors (Lipinski definition) is 3. The van der Waals surface area contributed by atoms with Gasteiger partial charge in [-0.2, -0.15) is 0 Å². The van der Waals surface area contributed by atoms with Crippen LogP contribution in [0.2, 0.25) is 0 Å². The Morgan fingerprint density at radius 2 is 1.89 bits per heavy atom. The third-order valence-electron chi connectivity index (χ3n) is 2.95. The van der Waals surface area contributed by atoms with Crippen LogP contribution in [-0.4, -0.2) is 25.0 Å². The van der Waals surface area contributed by atoms with Crippen LogP contribution in [0.25, 0.3) is 0 Å². The number of hydrogen-bond donors (Lipinski definition) is 0. The van der Waals surface area contributed by atoms with Gasteiger partial charge in [0, 0.05) is 4.83 Å². The highest BCUT2D eigenvalue weighted by atomic mass is 79.9. The quantitative estimate of drug-likeness (QED) is 0.618. The summed E-state index contributed by atoms with van der Waals surface area (Å²) in [7, 11) is 3.07. The third kappa shape index (κ3) is 4.02. The second kappa shape index (κ2) is 6.78. The minimum atomic E-state index is -0.209. The van der Waals surface area contributed by atoms with E-state index in [-0.39, 0.29) is 10.8 Å². The van der Waals surface area contributed by atoms with Gasteiger partial charge < -0.3 is 9.47 Å². The summed E-state index contributed by atoms with van der Waals surface area (Å²) >= 11 is 3.51. The van der Waals surface area contributed by atoms with Gasteiger partial charge in [-0.15, -0.1) is 0 Å². The van der Waals surface area contributed by atoms with Crippen LogP contribution >= 0.6 is 15.9 Å². The van der Waals surface area contributed by atoms with Gasteiger partial charge in [0.1, 0.15) is 5.75 Å². The van der Waals surface area contributed by atoms with Crippen molar-refractivity contribution in [2.75, 3.05) is 14.2 Å². The molecule has 100 valence electrons. The number of methoxy groups -OCH3 is 2. The van der Waals surface area contributed by atoms with Crippen LogP contribution in [0.4, 0.5) is 0 Å². The van der Waals surface area contributed by atoms with Crippen molar-refractivity contribution in [3.63, 3.8) is 0 Å². The Labute approximate surface area is 117 Å². The molecule has 0 saturated carbocycles. The number of alkyl halides is 1. The van der Waals surface area contributed by atoms with E-state index < -0.39 is 0 Å². The predicted molar refractivity (Wildman–Crippen MR) is 75.5 cm³/mol. The molecule has 0 heterocycles. The minimum absolute atomic E-state index is 0.0564. The topological polar surface area (TPSA) is 35.5 Å². The number of rotatable bonds is 5. The first-order valence-corrected chi connectivity index (χ1v) is 6.74. The van der Waals surface area contributed by atoms with Crippen LogP contribution in [-0.2, 0) is 16.0 Å². The number of halogens is 1. The van der Waals surface area contributed by atoms with Gasteiger partial charge in [-0.3, -0.25) is 4.79 Å². The summed E-state index contributed by atoms with van der Waals surface area (Å²) in [4.78, 5) is 11.3. The molecule has 4 heteroatoms. The van der Waals surface area contributed by atoms with Crippen molar-refractivity contribution in [3.05, 3.63) is 28.8 Å². The molecule has 0 fully saturated rings. The summed E-state index contributed by atoms with van der Waals surface area (Å²) in [6.45, 7) is 4.13. The highest BCUT2D eigenvalue weighted by Gasteiger charge is 2.15. The second-order valence-electron chi connectivity index (χ2n) is 4.33. The summed E-state index contributed by atoms with van der Waals surface area (Å²) in [6, 6.07) is 4.14. The monoisotopic (exact) mass is 314 g/mol. The normalized spacial score (nSPS) is 12.1. The predicted octanol–water partition coefficient (Wildman–Crippen LogP) is 3.18. The average Bonchev–Trinajstić information content (AvgIpc) is 2.33.